The molecule has 1 unspecified atom stereocenters. The summed E-state index contributed by atoms with van der Waals surface area (Å²) in [7, 11) is 2.03. The summed E-state index contributed by atoms with van der Waals surface area (Å²) in [6.07, 6.45) is 2.21. The lowest BCUT2D eigenvalue weighted by Crippen LogP contribution is -2.22. The zero-order chi connectivity index (χ0) is 13.5. The van der Waals surface area contributed by atoms with Gasteiger partial charge in [-0.3, -0.25) is 0 Å². The smallest absolute Gasteiger partial charge is 0.0207 e. The predicted molar refractivity (Wildman–Crippen MR) is 85.4 cm³/mol. The van der Waals surface area contributed by atoms with Crippen LogP contribution in [0.1, 0.15) is 11.1 Å². The molecule has 0 aliphatic heterocycles. The van der Waals surface area contributed by atoms with E-state index in [-0.39, 0.29) is 0 Å². The minimum absolute atomic E-state index is 0.617. The summed E-state index contributed by atoms with van der Waals surface area (Å²) in [4.78, 5) is 0. The lowest BCUT2D eigenvalue weighted by Gasteiger charge is -2.17. The summed E-state index contributed by atoms with van der Waals surface area (Å²) in [6.45, 7) is 1.04. The van der Waals surface area contributed by atoms with E-state index in [1.54, 1.807) is 0 Å². The molecule has 100 valence electrons. The van der Waals surface area contributed by atoms with Crippen LogP contribution in [-0.2, 0) is 12.8 Å². The Morgan fingerprint density at radius 1 is 0.947 bits per heavy atom. The van der Waals surface area contributed by atoms with Crippen molar-refractivity contribution >= 4 is 15.9 Å². The quantitative estimate of drug-likeness (QED) is 0.846. The summed E-state index contributed by atoms with van der Waals surface area (Å²) < 4.78 is 1.21. The van der Waals surface area contributed by atoms with Crippen molar-refractivity contribution < 1.29 is 0 Å². The molecule has 1 nitrogen and oxygen atoms in total. The third kappa shape index (κ3) is 4.48. The lowest BCUT2D eigenvalue weighted by atomic mass is 9.92. The summed E-state index contributed by atoms with van der Waals surface area (Å²) in [5, 5.41) is 3.31. The molecule has 0 saturated carbocycles. The highest BCUT2D eigenvalue weighted by molar-refractivity contribution is 9.10. The van der Waals surface area contributed by atoms with Crippen molar-refractivity contribution in [1.29, 1.82) is 0 Å². The van der Waals surface area contributed by atoms with Crippen LogP contribution < -0.4 is 5.32 Å². The summed E-state index contributed by atoms with van der Waals surface area (Å²) in [5.74, 6) is 0.617. The predicted octanol–water partition coefficient (Wildman–Crippen LogP) is 4.07. The van der Waals surface area contributed by atoms with Crippen molar-refractivity contribution in [2.45, 2.75) is 12.8 Å². The standard InChI is InChI=1S/C17H20BrN/c1-19-13-15(11-14-7-3-2-4-8-14)12-16-9-5-6-10-17(16)18/h2-10,15,19H,11-13H2,1H3. The van der Waals surface area contributed by atoms with Gasteiger partial charge < -0.3 is 5.32 Å². The topological polar surface area (TPSA) is 12.0 Å². The Kier molecular flexibility index (Phi) is 5.62. The Hall–Kier alpha value is -1.12. The van der Waals surface area contributed by atoms with Crippen molar-refractivity contribution in [2.24, 2.45) is 5.92 Å². The SMILES string of the molecule is CNCC(Cc1ccccc1)Cc1ccccc1Br. The van der Waals surface area contributed by atoms with Gasteiger partial charge >= 0.3 is 0 Å². The second-order valence-corrected chi connectivity index (χ2v) is 5.76. The first-order valence-electron chi connectivity index (χ1n) is 6.71. The minimum atomic E-state index is 0.617. The molecule has 2 aromatic rings. The fourth-order valence-electron chi connectivity index (χ4n) is 2.43. The molecule has 0 aromatic heterocycles. The zero-order valence-corrected chi connectivity index (χ0v) is 12.9. The number of hydrogen-bond donors (Lipinski definition) is 1. The van der Waals surface area contributed by atoms with Crippen LogP contribution in [0.4, 0.5) is 0 Å². The van der Waals surface area contributed by atoms with Gasteiger partial charge in [-0.1, -0.05) is 64.5 Å². The van der Waals surface area contributed by atoms with Crippen molar-refractivity contribution in [2.75, 3.05) is 13.6 Å². The molecule has 0 fully saturated rings. The van der Waals surface area contributed by atoms with Crippen LogP contribution >= 0.6 is 15.9 Å². The fourth-order valence-corrected chi connectivity index (χ4v) is 2.87. The summed E-state index contributed by atoms with van der Waals surface area (Å²) in [5.41, 5.74) is 2.80. The highest BCUT2D eigenvalue weighted by Crippen LogP contribution is 2.21. The normalized spacial score (nSPS) is 12.3. The molecule has 1 N–H and O–H groups in total. The van der Waals surface area contributed by atoms with Crippen LogP contribution in [0.3, 0.4) is 0 Å². The highest BCUT2D eigenvalue weighted by atomic mass is 79.9. The lowest BCUT2D eigenvalue weighted by molar-refractivity contribution is 0.492. The van der Waals surface area contributed by atoms with Crippen LogP contribution in [0.25, 0.3) is 0 Å². The van der Waals surface area contributed by atoms with Crippen molar-refractivity contribution in [3.63, 3.8) is 0 Å². The second-order valence-electron chi connectivity index (χ2n) is 4.91. The molecule has 2 rings (SSSR count). The van der Waals surface area contributed by atoms with Gasteiger partial charge in [-0.25, -0.2) is 0 Å². The Morgan fingerprint density at radius 2 is 1.63 bits per heavy atom. The third-order valence-electron chi connectivity index (χ3n) is 3.33. The molecule has 0 aliphatic rings. The largest absolute Gasteiger partial charge is 0.319 e. The first-order valence-corrected chi connectivity index (χ1v) is 7.51. The van der Waals surface area contributed by atoms with E-state index >= 15 is 0 Å². The Balaban J connectivity index is 2.06. The second kappa shape index (κ2) is 7.46. The molecule has 0 heterocycles. The van der Waals surface area contributed by atoms with Gasteiger partial charge in [0.25, 0.3) is 0 Å². The van der Waals surface area contributed by atoms with E-state index in [9.17, 15) is 0 Å². The molecule has 0 radical (unpaired) electrons. The van der Waals surface area contributed by atoms with Crippen LogP contribution in [0.2, 0.25) is 0 Å². The van der Waals surface area contributed by atoms with Gasteiger partial charge in [-0.05, 0) is 49.5 Å². The first kappa shape index (κ1) is 14.3. The molecule has 0 spiro atoms. The molecule has 0 bridgehead atoms. The maximum absolute atomic E-state index is 3.64. The monoisotopic (exact) mass is 317 g/mol. The molecule has 19 heavy (non-hydrogen) atoms. The molecule has 0 aliphatic carbocycles. The Morgan fingerprint density at radius 3 is 2.32 bits per heavy atom. The van der Waals surface area contributed by atoms with E-state index in [4.69, 9.17) is 0 Å². The van der Waals surface area contributed by atoms with E-state index in [2.05, 4.69) is 75.8 Å². The van der Waals surface area contributed by atoms with E-state index in [0.29, 0.717) is 5.92 Å². The van der Waals surface area contributed by atoms with E-state index in [1.165, 1.54) is 15.6 Å². The van der Waals surface area contributed by atoms with Crippen molar-refractivity contribution in [3.8, 4) is 0 Å². The maximum atomic E-state index is 3.64. The van der Waals surface area contributed by atoms with Gasteiger partial charge in [-0.15, -0.1) is 0 Å². The van der Waals surface area contributed by atoms with Gasteiger partial charge in [0.05, 0.1) is 0 Å². The molecule has 2 heteroatoms. The van der Waals surface area contributed by atoms with E-state index in [1.807, 2.05) is 7.05 Å². The number of rotatable bonds is 6. The van der Waals surface area contributed by atoms with Gasteiger partial charge in [0.2, 0.25) is 0 Å². The number of hydrogen-bond acceptors (Lipinski definition) is 1. The van der Waals surface area contributed by atoms with Crippen molar-refractivity contribution in [3.05, 3.63) is 70.2 Å². The van der Waals surface area contributed by atoms with Crippen LogP contribution in [-0.4, -0.2) is 13.6 Å². The molecule has 1 atom stereocenters. The molecular weight excluding hydrogens is 298 g/mol. The number of nitrogens with one attached hydrogen (secondary N) is 1. The molecular formula is C17H20BrN. The van der Waals surface area contributed by atoms with Gasteiger partial charge in [0.15, 0.2) is 0 Å². The number of halogens is 1. The zero-order valence-electron chi connectivity index (χ0n) is 11.3. The first-order chi connectivity index (χ1) is 9.29. The molecule has 2 aromatic carbocycles. The van der Waals surface area contributed by atoms with Crippen LogP contribution in [0.15, 0.2) is 59.1 Å². The van der Waals surface area contributed by atoms with Crippen LogP contribution in [0, 0.1) is 5.92 Å². The van der Waals surface area contributed by atoms with Crippen LogP contribution in [0.5, 0.6) is 0 Å². The molecule has 0 saturated heterocycles. The van der Waals surface area contributed by atoms with Crippen molar-refractivity contribution in [1.82, 2.24) is 5.32 Å². The fraction of sp³-hybridized carbons (Fsp3) is 0.294. The summed E-state index contributed by atoms with van der Waals surface area (Å²) in [6, 6.07) is 19.2. The van der Waals surface area contributed by atoms with E-state index < -0.39 is 0 Å². The Bertz CT molecular complexity index is 496. The maximum Gasteiger partial charge on any atom is 0.0207 e. The van der Waals surface area contributed by atoms with Gasteiger partial charge in [0.1, 0.15) is 0 Å². The highest BCUT2D eigenvalue weighted by Gasteiger charge is 2.11. The Labute approximate surface area is 124 Å². The third-order valence-corrected chi connectivity index (χ3v) is 4.10. The summed E-state index contributed by atoms with van der Waals surface area (Å²) >= 11 is 3.64. The van der Waals surface area contributed by atoms with Gasteiger partial charge in [0, 0.05) is 4.47 Å². The van der Waals surface area contributed by atoms with Gasteiger partial charge in [-0.2, -0.15) is 0 Å². The molecule has 0 amide bonds. The minimum Gasteiger partial charge on any atom is -0.319 e. The van der Waals surface area contributed by atoms with E-state index in [0.717, 1.165) is 19.4 Å². The average Bonchev–Trinajstić information content (AvgIpc) is 2.43. The average molecular weight is 318 g/mol. The number of benzene rings is 2.